The highest BCUT2D eigenvalue weighted by Crippen LogP contribution is 2.21. The van der Waals surface area contributed by atoms with E-state index in [-0.39, 0.29) is 51.2 Å². The fraction of sp³-hybridized carbons (Fsp3) is 0.500. The van der Waals surface area contributed by atoms with Gasteiger partial charge in [0.15, 0.2) is 11.7 Å². The molecule has 15 nitrogen and oxygen atoms in total. The van der Waals surface area contributed by atoms with Crippen molar-refractivity contribution in [1.29, 1.82) is 0 Å². The number of carbonyl (C=O) groups is 6. The highest BCUT2D eigenvalue weighted by Gasteiger charge is 2.33. The predicted molar refractivity (Wildman–Crippen MR) is 146 cm³/mol. The number of nitrogens with one attached hydrogen (secondary N) is 3. The first-order valence-corrected chi connectivity index (χ1v) is 13.1. The van der Waals surface area contributed by atoms with Gasteiger partial charge in [-0.3, -0.25) is 33.8 Å². The number of aliphatic imine (C=N–C) groups is 1. The van der Waals surface area contributed by atoms with Crippen LogP contribution in [0.15, 0.2) is 35.3 Å². The van der Waals surface area contributed by atoms with E-state index in [4.69, 9.17) is 17.4 Å². The molecule has 1 saturated heterocycles. The Bertz CT molecular complexity index is 1120. The van der Waals surface area contributed by atoms with Gasteiger partial charge in [-0.15, -0.1) is 0 Å². The van der Waals surface area contributed by atoms with Gasteiger partial charge in [0.25, 0.3) is 0 Å². The van der Waals surface area contributed by atoms with Gasteiger partial charge in [0.2, 0.25) is 17.7 Å². The molecule has 1 aliphatic heterocycles. The molecule has 0 spiro atoms. The summed E-state index contributed by atoms with van der Waals surface area (Å²) in [6.45, 7) is -0.783. The molecule has 1 aromatic carbocycles. The van der Waals surface area contributed by atoms with Gasteiger partial charge in [0, 0.05) is 25.3 Å². The summed E-state index contributed by atoms with van der Waals surface area (Å²) in [5.74, 6) is -1.68. The molecular formula is C26H37N7O8. The number of carboxylic acids is 1. The number of ketones is 2. The van der Waals surface area contributed by atoms with E-state index in [1.165, 1.54) is 0 Å². The quantitative estimate of drug-likeness (QED) is 0.0687. The topological polar surface area (TPSA) is 258 Å². The van der Waals surface area contributed by atoms with Gasteiger partial charge in [-0.05, 0) is 24.8 Å². The van der Waals surface area contributed by atoms with Gasteiger partial charge >= 0.3 is 5.97 Å². The Kier molecular flexibility index (Phi) is 13.4. The average molecular weight is 576 g/mol. The number of aliphatic carboxylic acids is 1. The van der Waals surface area contributed by atoms with Crippen LogP contribution in [0.1, 0.15) is 37.7 Å². The first kappa shape index (κ1) is 32.8. The first-order valence-electron chi connectivity index (χ1n) is 13.1. The smallest absolute Gasteiger partial charge is 0.305 e. The number of carboxylic acid groups (broad SMARTS) is 1. The summed E-state index contributed by atoms with van der Waals surface area (Å²) in [4.78, 5) is 85.3. The molecule has 1 aliphatic rings. The monoisotopic (exact) mass is 575 g/mol. The van der Waals surface area contributed by atoms with Crippen molar-refractivity contribution in [2.75, 3.05) is 19.7 Å². The van der Waals surface area contributed by atoms with Gasteiger partial charge < -0.3 is 37.4 Å². The zero-order valence-corrected chi connectivity index (χ0v) is 22.5. The Balaban J connectivity index is 2.41. The minimum absolute atomic E-state index is 0.0802. The van der Waals surface area contributed by atoms with E-state index >= 15 is 0 Å². The number of guanidine groups is 1. The summed E-state index contributed by atoms with van der Waals surface area (Å²) in [7, 11) is 0. The minimum Gasteiger partial charge on any atom is -0.481 e. The molecule has 1 fully saturated rings. The number of rotatable bonds is 10. The molecule has 2 rings (SSSR count). The lowest BCUT2D eigenvalue weighted by atomic mass is 9.84. The number of hydrogen-bond acceptors (Lipinski definition) is 9. The van der Waals surface area contributed by atoms with Crippen molar-refractivity contribution in [3.63, 3.8) is 0 Å². The molecule has 1 aromatic rings. The van der Waals surface area contributed by atoms with E-state index in [1.807, 2.05) is 0 Å². The summed E-state index contributed by atoms with van der Waals surface area (Å²) >= 11 is 0. The second-order valence-electron chi connectivity index (χ2n) is 9.70. The SMILES string of the molecule is NOC[C@@H]1CC(=O)[C@H](Cc2ccccc2)CC(=O)C(CC(=O)O)NC(=O)CNC(=O)[C@H](CCCN=C(N)N)NC1=O. The van der Waals surface area contributed by atoms with Crippen LogP contribution in [-0.4, -0.2) is 78.1 Å². The molecule has 224 valence electrons. The third-order valence-corrected chi connectivity index (χ3v) is 6.45. The number of amides is 3. The Morgan fingerprint density at radius 2 is 1.63 bits per heavy atom. The summed E-state index contributed by atoms with van der Waals surface area (Å²) in [6.07, 6.45) is -0.980. The number of hydrogen-bond donors (Lipinski definition) is 7. The Morgan fingerprint density at radius 1 is 0.951 bits per heavy atom. The fourth-order valence-electron chi connectivity index (χ4n) is 4.35. The third-order valence-electron chi connectivity index (χ3n) is 6.45. The van der Waals surface area contributed by atoms with Gasteiger partial charge in [-0.1, -0.05) is 30.3 Å². The maximum absolute atomic E-state index is 13.5. The molecule has 0 radical (unpaired) electrons. The van der Waals surface area contributed by atoms with Gasteiger partial charge in [0.1, 0.15) is 11.8 Å². The van der Waals surface area contributed by atoms with Crippen LogP contribution in [0.3, 0.4) is 0 Å². The minimum atomic E-state index is -1.44. The maximum atomic E-state index is 13.5. The lowest BCUT2D eigenvalue weighted by Gasteiger charge is -2.23. The van der Waals surface area contributed by atoms with Crippen molar-refractivity contribution in [3.8, 4) is 0 Å². The molecule has 0 aliphatic carbocycles. The van der Waals surface area contributed by atoms with E-state index in [1.54, 1.807) is 30.3 Å². The molecule has 3 amide bonds. The maximum Gasteiger partial charge on any atom is 0.305 e. The molecule has 15 heteroatoms. The van der Waals surface area contributed by atoms with E-state index in [0.717, 1.165) is 5.56 Å². The molecule has 10 N–H and O–H groups in total. The standard InChI is InChI=1S/C26H37N7O8/c27-26(28)30-8-4-7-18-25(40)31-13-22(36)32-19(12-23(37)38)21(35)10-16(9-15-5-2-1-3-6-15)20(34)11-17(14-41-29)24(39)33-18/h1-3,5-6,16-19H,4,7-14,29H2,(H,31,40)(H,32,36)(H,33,39)(H,37,38)(H4,27,28,30)/t16-,17+,18+,19?/m1/s1. The third kappa shape index (κ3) is 11.7. The Morgan fingerprint density at radius 3 is 2.27 bits per heavy atom. The molecule has 4 atom stereocenters. The molecule has 0 aromatic heterocycles. The van der Waals surface area contributed by atoms with Crippen molar-refractivity contribution in [2.24, 2.45) is 34.2 Å². The van der Waals surface area contributed by atoms with Gasteiger partial charge in [0.05, 0.1) is 31.5 Å². The molecule has 0 bridgehead atoms. The van der Waals surface area contributed by atoms with Crippen molar-refractivity contribution in [1.82, 2.24) is 16.0 Å². The molecule has 41 heavy (non-hydrogen) atoms. The average Bonchev–Trinajstić information content (AvgIpc) is 2.92. The molecule has 1 unspecified atom stereocenters. The number of nitrogens with two attached hydrogens (primary N) is 3. The summed E-state index contributed by atoms with van der Waals surface area (Å²) in [6, 6.07) is 6.26. The number of nitrogens with zero attached hydrogens (tertiary/aromatic N) is 1. The lowest BCUT2D eigenvalue weighted by molar-refractivity contribution is -0.140. The van der Waals surface area contributed by atoms with Crippen LogP contribution in [0, 0.1) is 11.8 Å². The van der Waals surface area contributed by atoms with Crippen LogP contribution >= 0.6 is 0 Å². The van der Waals surface area contributed by atoms with Crippen LogP contribution < -0.4 is 33.3 Å². The lowest BCUT2D eigenvalue weighted by Crippen LogP contribution is -2.52. The van der Waals surface area contributed by atoms with Crippen LogP contribution in [0.4, 0.5) is 0 Å². The normalized spacial score (nSPS) is 22.9. The van der Waals surface area contributed by atoms with Crippen molar-refractivity contribution >= 4 is 41.2 Å². The molecular weight excluding hydrogens is 538 g/mol. The molecule has 0 saturated carbocycles. The van der Waals surface area contributed by atoms with Crippen molar-refractivity contribution < 1.29 is 38.7 Å². The Labute approximate surface area is 236 Å². The van der Waals surface area contributed by atoms with E-state index in [9.17, 15) is 33.9 Å². The van der Waals surface area contributed by atoms with Gasteiger partial charge in [-0.25, -0.2) is 5.90 Å². The predicted octanol–water partition coefficient (Wildman–Crippen LogP) is -2.10. The zero-order valence-electron chi connectivity index (χ0n) is 22.5. The second-order valence-corrected chi connectivity index (χ2v) is 9.70. The largest absolute Gasteiger partial charge is 0.481 e. The van der Waals surface area contributed by atoms with Crippen LogP contribution in [0.5, 0.6) is 0 Å². The highest BCUT2D eigenvalue weighted by atomic mass is 16.6. The highest BCUT2D eigenvalue weighted by molar-refractivity contribution is 5.98. The Hall–Kier alpha value is -4.37. The van der Waals surface area contributed by atoms with Crippen molar-refractivity contribution in [3.05, 3.63) is 35.9 Å². The number of benzene rings is 1. The van der Waals surface area contributed by atoms with Crippen LogP contribution in [-0.2, 0) is 40.0 Å². The van der Waals surface area contributed by atoms with E-state index in [2.05, 4.69) is 25.8 Å². The molecule has 1 heterocycles. The van der Waals surface area contributed by atoms with Crippen molar-refractivity contribution in [2.45, 2.75) is 50.6 Å². The van der Waals surface area contributed by atoms with E-state index in [0.29, 0.717) is 0 Å². The number of Topliss-reactive ketones (excluding diaryl/α,β-unsaturated/α-hetero) is 2. The first-order chi connectivity index (χ1) is 19.5. The number of carbonyl (C=O) groups excluding carboxylic acids is 5. The van der Waals surface area contributed by atoms with Gasteiger partial charge in [-0.2, -0.15) is 0 Å². The van der Waals surface area contributed by atoms with E-state index < -0.39 is 72.1 Å². The zero-order chi connectivity index (χ0) is 30.4. The van der Waals surface area contributed by atoms with Crippen LogP contribution in [0.2, 0.25) is 0 Å². The summed E-state index contributed by atoms with van der Waals surface area (Å²) in [5.41, 5.74) is 11.4. The summed E-state index contributed by atoms with van der Waals surface area (Å²) < 4.78 is 0. The summed E-state index contributed by atoms with van der Waals surface area (Å²) in [5, 5.41) is 16.6. The fourth-order valence-corrected chi connectivity index (χ4v) is 4.35. The van der Waals surface area contributed by atoms with Crippen LogP contribution in [0.25, 0.3) is 0 Å². The second kappa shape index (κ2) is 16.7.